The molecule has 0 aromatic rings. The zero-order valence-corrected chi connectivity index (χ0v) is 14.3. The van der Waals surface area contributed by atoms with Crippen LogP contribution in [0.15, 0.2) is 0 Å². The van der Waals surface area contributed by atoms with Crippen molar-refractivity contribution in [2.24, 2.45) is 0 Å². The predicted molar refractivity (Wildman–Crippen MR) is 86.2 cm³/mol. The molecule has 6 nitrogen and oxygen atoms in total. The molecule has 0 aromatic heterocycles. The van der Waals surface area contributed by atoms with Crippen molar-refractivity contribution in [3.8, 4) is 0 Å². The van der Waals surface area contributed by atoms with Gasteiger partial charge in [-0.05, 0) is 6.42 Å². The first-order valence-corrected chi connectivity index (χ1v) is 8.76. The van der Waals surface area contributed by atoms with Crippen LogP contribution >= 0.6 is 0 Å². The maximum Gasteiger partial charge on any atom is 0.321 e. The molecule has 0 heterocycles. The lowest BCUT2D eigenvalue weighted by atomic mass is 10.1. The minimum Gasteiger partial charge on any atom is -0.393 e. The molecule has 0 amide bonds. The highest BCUT2D eigenvalue weighted by Crippen LogP contribution is 2.12. The van der Waals surface area contributed by atoms with Crippen molar-refractivity contribution in [3.05, 3.63) is 0 Å². The second-order valence-electron chi connectivity index (χ2n) is 6.08. The Morgan fingerprint density at radius 2 is 1.17 bits per heavy atom. The summed E-state index contributed by atoms with van der Waals surface area (Å²) in [7, 11) is 0. The van der Waals surface area contributed by atoms with E-state index in [-0.39, 0.29) is 6.42 Å². The Bertz CT molecular complexity index is 322. The maximum atomic E-state index is 11.3. The van der Waals surface area contributed by atoms with Gasteiger partial charge >= 0.3 is 11.9 Å². The topological polar surface area (TPSA) is 104 Å². The molecule has 0 aliphatic heterocycles. The lowest BCUT2D eigenvalue weighted by molar-refractivity contribution is -0.311. The Labute approximate surface area is 138 Å². The highest BCUT2D eigenvalue weighted by Gasteiger charge is 2.25. The molecule has 0 aliphatic carbocycles. The van der Waals surface area contributed by atoms with Crippen LogP contribution in [0.25, 0.3) is 0 Å². The molecule has 0 atom stereocenters. The average molecular weight is 332 g/mol. The summed E-state index contributed by atoms with van der Waals surface area (Å²) in [5.41, 5.74) is 0. The standard InChI is InChI=1S/C17H32O6/c1-2-3-4-5-6-7-8-9-10-11-12-13-15(18)23-16(19)14-17(20,21)22/h20-22H,2-14H2,1H3. The van der Waals surface area contributed by atoms with E-state index in [4.69, 9.17) is 15.3 Å². The molecule has 136 valence electrons. The molecule has 0 spiro atoms. The van der Waals surface area contributed by atoms with E-state index in [9.17, 15) is 9.59 Å². The van der Waals surface area contributed by atoms with Crippen LogP contribution in [-0.4, -0.2) is 33.2 Å². The van der Waals surface area contributed by atoms with Crippen molar-refractivity contribution in [1.29, 1.82) is 0 Å². The number of aliphatic hydroxyl groups is 3. The summed E-state index contributed by atoms with van der Waals surface area (Å²) in [5, 5.41) is 25.7. The van der Waals surface area contributed by atoms with Crippen molar-refractivity contribution in [1.82, 2.24) is 0 Å². The van der Waals surface area contributed by atoms with Crippen molar-refractivity contribution in [3.63, 3.8) is 0 Å². The second-order valence-corrected chi connectivity index (χ2v) is 6.08. The normalized spacial score (nSPS) is 11.5. The molecular weight excluding hydrogens is 300 g/mol. The maximum absolute atomic E-state index is 11.3. The summed E-state index contributed by atoms with van der Waals surface area (Å²) in [4.78, 5) is 22.4. The van der Waals surface area contributed by atoms with Gasteiger partial charge in [-0.15, -0.1) is 0 Å². The molecule has 0 saturated carbocycles. The van der Waals surface area contributed by atoms with Gasteiger partial charge in [0.2, 0.25) is 0 Å². The van der Waals surface area contributed by atoms with E-state index in [1.165, 1.54) is 44.9 Å². The van der Waals surface area contributed by atoms with E-state index in [0.29, 0.717) is 6.42 Å². The first-order chi connectivity index (χ1) is 10.8. The third-order valence-electron chi connectivity index (χ3n) is 3.59. The van der Waals surface area contributed by atoms with Crippen molar-refractivity contribution < 1.29 is 29.6 Å². The molecule has 0 radical (unpaired) electrons. The summed E-state index contributed by atoms with van der Waals surface area (Å²) in [5.74, 6) is -4.98. The third kappa shape index (κ3) is 17.2. The fourth-order valence-electron chi connectivity index (χ4n) is 2.34. The Morgan fingerprint density at radius 3 is 1.61 bits per heavy atom. The first-order valence-electron chi connectivity index (χ1n) is 8.76. The Balaban J connectivity index is 3.37. The average Bonchev–Trinajstić information content (AvgIpc) is 2.42. The van der Waals surface area contributed by atoms with E-state index >= 15 is 0 Å². The van der Waals surface area contributed by atoms with Gasteiger partial charge in [0.15, 0.2) is 0 Å². The van der Waals surface area contributed by atoms with Gasteiger partial charge in [-0.3, -0.25) is 9.59 Å². The van der Waals surface area contributed by atoms with Crippen LogP contribution in [-0.2, 0) is 14.3 Å². The van der Waals surface area contributed by atoms with Crippen LogP contribution in [0.3, 0.4) is 0 Å². The summed E-state index contributed by atoms with van der Waals surface area (Å²) >= 11 is 0. The van der Waals surface area contributed by atoms with Crippen LogP contribution in [0.4, 0.5) is 0 Å². The van der Waals surface area contributed by atoms with Gasteiger partial charge in [-0.1, -0.05) is 71.1 Å². The molecular formula is C17H32O6. The molecule has 0 fully saturated rings. The number of ether oxygens (including phenoxy) is 1. The van der Waals surface area contributed by atoms with Crippen LogP contribution in [0.5, 0.6) is 0 Å². The van der Waals surface area contributed by atoms with Crippen LogP contribution < -0.4 is 0 Å². The highest BCUT2D eigenvalue weighted by atomic mass is 16.7. The van der Waals surface area contributed by atoms with E-state index in [0.717, 1.165) is 19.3 Å². The summed E-state index contributed by atoms with van der Waals surface area (Å²) in [6.07, 6.45) is 11.9. The minimum absolute atomic E-state index is 0.123. The first kappa shape index (κ1) is 22.0. The van der Waals surface area contributed by atoms with Gasteiger partial charge in [0, 0.05) is 6.42 Å². The number of rotatable bonds is 14. The predicted octanol–water partition coefficient (Wildman–Crippen LogP) is 2.78. The van der Waals surface area contributed by atoms with E-state index in [1.807, 2.05) is 0 Å². The lowest BCUT2D eigenvalue weighted by Gasteiger charge is -2.11. The Kier molecular flexibility index (Phi) is 12.9. The monoisotopic (exact) mass is 332 g/mol. The largest absolute Gasteiger partial charge is 0.393 e. The molecule has 0 saturated heterocycles. The quantitative estimate of drug-likeness (QED) is 0.195. The molecule has 0 unspecified atom stereocenters. The fourth-order valence-corrected chi connectivity index (χ4v) is 2.34. The second kappa shape index (κ2) is 13.5. The van der Waals surface area contributed by atoms with Gasteiger partial charge in [0.25, 0.3) is 5.97 Å². The smallest absolute Gasteiger partial charge is 0.321 e. The fraction of sp³-hybridized carbons (Fsp3) is 0.882. The van der Waals surface area contributed by atoms with E-state index < -0.39 is 24.3 Å². The van der Waals surface area contributed by atoms with E-state index in [2.05, 4.69) is 11.7 Å². The Morgan fingerprint density at radius 1 is 0.739 bits per heavy atom. The summed E-state index contributed by atoms with van der Waals surface area (Å²) in [6.45, 7) is 2.21. The SMILES string of the molecule is CCCCCCCCCCCCCC(=O)OC(=O)CC(O)(O)O. The Hall–Kier alpha value is -0.980. The molecule has 0 aromatic carbocycles. The van der Waals surface area contributed by atoms with Crippen molar-refractivity contribution in [2.45, 2.75) is 96.4 Å². The van der Waals surface area contributed by atoms with Crippen molar-refractivity contribution >= 4 is 11.9 Å². The van der Waals surface area contributed by atoms with E-state index in [1.54, 1.807) is 0 Å². The molecule has 23 heavy (non-hydrogen) atoms. The van der Waals surface area contributed by atoms with Crippen LogP contribution in [0.1, 0.15) is 90.4 Å². The molecule has 0 bridgehead atoms. The summed E-state index contributed by atoms with van der Waals surface area (Å²) in [6, 6.07) is 0. The van der Waals surface area contributed by atoms with Crippen molar-refractivity contribution in [2.75, 3.05) is 0 Å². The highest BCUT2D eigenvalue weighted by molar-refractivity contribution is 5.85. The van der Waals surface area contributed by atoms with Gasteiger partial charge in [-0.2, -0.15) is 0 Å². The zero-order valence-electron chi connectivity index (χ0n) is 14.3. The summed E-state index contributed by atoms with van der Waals surface area (Å²) < 4.78 is 4.36. The minimum atomic E-state index is -3.13. The number of carbonyl (C=O) groups excluding carboxylic acids is 2. The molecule has 0 rings (SSSR count). The number of carbonyl (C=O) groups is 2. The van der Waals surface area contributed by atoms with Crippen LogP contribution in [0, 0.1) is 0 Å². The molecule has 0 aliphatic rings. The van der Waals surface area contributed by atoms with Gasteiger partial charge in [-0.25, -0.2) is 0 Å². The van der Waals surface area contributed by atoms with Gasteiger partial charge in [0.1, 0.15) is 6.42 Å². The van der Waals surface area contributed by atoms with Gasteiger partial charge < -0.3 is 20.1 Å². The molecule has 6 heteroatoms. The van der Waals surface area contributed by atoms with Crippen LogP contribution in [0.2, 0.25) is 0 Å². The van der Waals surface area contributed by atoms with Gasteiger partial charge in [0.05, 0.1) is 0 Å². The number of hydrogen-bond donors (Lipinski definition) is 3. The third-order valence-corrected chi connectivity index (χ3v) is 3.59. The number of esters is 2. The lowest BCUT2D eigenvalue weighted by Crippen LogP contribution is -2.32. The molecule has 3 N–H and O–H groups in total. The zero-order chi connectivity index (χ0) is 17.6. The number of unbranched alkanes of at least 4 members (excludes halogenated alkanes) is 10. The number of hydrogen-bond acceptors (Lipinski definition) is 6.